The molecule has 3 heterocycles. The summed E-state index contributed by atoms with van der Waals surface area (Å²) in [4.78, 5) is 72.8. The largest absolute Gasteiger partial charge is 0.460 e. The molecular formula is C57H91NO16. The highest BCUT2D eigenvalue weighted by atomic mass is 16.6. The number of cyclic esters (lactones) is 1. The molecule has 420 valence electrons. The predicted molar refractivity (Wildman–Crippen MR) is 278 cm³/mol. The maximum Gasteiger partial charge on any atom is 0.329 e. The average Bonchev–Trinajstić information content (AvgIpc) is 3.38. The first kappa shape index (κ1) is 63.0. The van der Waals surface area contributed by atoms with Crippen LogP contribution < -0.4 is 0 Å². The van der Waals surface area contributed by atoms with Crippen LogP contribution in [0.15, 0.2) is 47.6 Å². The summed E-state index contributed by atoms with van der Waals surface area (Å²) in [6.07, 6.45) is 11.5. The van der Waals surface area contributed by atoms with Gasteiger partial charge in [-0.15, -0.1) is 0 Å². The van der Waals surface area contributed by atoms with Crippen molar-refractivity contribution in [2.45, 2.75) is 180 Å². The normalized spacial score (nSPS) is 35.8. The molecule has 3 aliphatic heterocycles. The number of methoxy groups -OCH3 is 3. The van der Waals surface area contributed by atoms with Gasteiger partial charge >= 0.3 is 5.97 Å². The van der Waals surface area contributed by atoms with Gasteiger partial charge in [0.25, 0.3) is 11.7 Å². The number of carbonyl (C=O) groups is 5. The SMILES string of the molecule is COCCOCCOC1C[C@@H]2CC[C@@H](C)[C@@](O)(O2)C(=O)C(=O)N2CCCC[C@H]2C(=O)O[C@H]([C@H](C)C[C@@H]2CC[C@@H](OCCO)[C@H](OC)C2)CC(=O)[C@H](C)/C=C(\C)[C@H](O)[C@@H](OC)C(=O)[C@H](C)C[C@H](C)/C=C/C=CC=C1C. The molecule has 1 saturated carbocycles. The van der Waals surface area contributed by atoms with E-state index in [0.717, 1.165) is 12.0 Å². The van der Waals surface area contributed by atoms with Gasteiger partial charge in [-0.1, -0.05) is 71.1 Å². The number of aliphatic hydroxyl groups is 3. The predicted octanol–water partition coefficient (Wildman–Crippen LogP) is 6.23. The minimum atomic E-state index is -2.48. The maximum atomic E-state index is 14.6. The van der Waals surface area contributed by atoms with Crippen molar-refractivity contribution in [1.29, 1.82) is 0 Å². The van der Waals surface area contributed by atoms with Crippen LogP contribution in [-0.4, -0.2) is 172 Å². The van der Waals surface area contributed by atoms with E-state index in [-0.39, 0.29) is 87.2 Å². The van der Waals surface area contributed by atoms with Gasteiger partial charge in [-0.3, -0.25) is 19.2 Å². The third-order valence-corrected chi connectivity index (χ3v) is 15.6. The van der Waals surface area contributed by atoms with Crippen LogP contribution in [0.2, 0.25) is 0 Å². The highest BCUT2D eigenvalue weighted by Gasteiger charge is 2.53. The summed E-state index contributed by atoms with van der Waals surface area (Å²) < 4.78 is 47.0. The number of allylic oxidation sites excluding steroid dienone is 6. The number of piperidine rings is 1. The van der Waals surface area contributed by atoms with E-state index >= 15 is 0 Å². The molecule has 74 heavy (non-hydrogen) atoms. The van der Waals surface area contributed by atoms with Crippen LogP contribution in [0.1, 0.15) is 126 Å². The number of ketones is 3. The van der Waals surface area contributed by atoms with Crippen LogP contribution in [0.5, 0.6) is 0 Å². The fourth-order valence-corrected chi connectivity index (χ4v) is 10.9. The van der Waals surface area contributed by atoms with Crippen LogP contribution >= 0.6 is 0 Å². The molecular weight excluding hydrogens is 955 g/mol. The van der Waals surface area contributed by atoms with Crippen molar-refractivity contribution in [3.8, 4) is 0 Å². The van der Waals surface area contributed by atoms with Crippen LogP contribution in [0, 0.1) is 35.5 Å². The molecule has 1 aliphatic carbocycles. The fraction of sp³-hybridized carbons (Fsp3) is 0.772. The molecule has 0 radical (unpaired) electrons. The number of esters is 1. The smallest absolute Gasteiger partial charge is 0.329 e. The molecule has 2 saturated heterocycles. The lowest BCUT2D eigenvalue weighted by Crippen LogP contribution is -2.61. The van der Waals surface area contributed by atoms with Crippen LogP contribution in [-0.2, 0) is 61.9 Å². The zero-order valence-corrected chi connectivity index (χ0v) is 46.1. The second kappa shape index (κ2) is 31.7. The van der Waals surface area contributed by atoms with Gasteiger partial charge in [-0.05, 0) is 107 Å². The lowest BCUT2D eigenvalue weighted by atomic mass is 9.78. The second-order valence-corrected chi connectivity index (χ2v) is 21.4. The summed E-state index contributed by atoms with van der Waals surface area (Å²) >= 11 is 0. The maximum absolute atomic E-state index is 14.6. The van der Waals surface area contributed by atoms with Crippen molar-refractivity contribution >= 4 is 29.2 Å². The van der Waals surface area contributed by atoms with E-state index in [1.165, 1.54) is 12.0 Å². The summed E-state index contributed by atoms with van der Waals surface area (Å²) in [5.74, 6) is -8.19. The standard InChI is InChI=1S/C57H91NO16/c1-36-16-12-11-13-17-37(2)48(72-29-28-70-27-26-67-8)34-44-21-19-42(7)57(66,74-44)54(63)55(64)58-23-15-14-18-45(58)56(65)73-49(39(4)32-43-20-22-47(71-25-24-59)50(33-43)68-9)35-46(60)38(3)31-41(6)52(62)53(69-10)51(61)40(5)30-36/h11-13,16-17,31,36,38-40,42-45,47-50,52-53,59,62,66H,14-15,18-30,32-35H2,1-10H3/b13-11?,16-12+,37-17?,41-31+/t36-,38-,39-,40-,42-,43+,44+,45+,47-,48?,49+,50-,52+,53+,57-/m1/s1. The highest BCUT2D eigenvalue weighted by molar-refractivity contribution is 6.39. The van der Waals surface area contributed by atoms with Gasteiger partial charge < -0.3 is 58.1 Å². The Morgan fingerprint density at radius 2 is 1.55 bits per heavy atom. The molecule has 4 rings (SSSR count). The van der Waals surface area contributed by atoms with E-state index in [1.54, 1.807) is 41.1 Å². The van der Waals surface area contributed by atoms with E-state index in [4.69, 9.17) is 37.9 Å². The third-order valence-electron chi connectivity index (χ3n) is 15.6. The molecule has 2 bridgehead atoms. The lowest BCUT2D eigenvalue weighted by Gasteiger charge is -2.43. The van der Waals surface area contributed by atoms with Gasteiger partial charge in [0.1, 0.15) is 30.1 Å². The molecule has 4 aliphatic rings. The molecule has 17 heteroatoms. The molecule has 17 nitrogen and oxygen atoms in total. The van der Waals surface area contributed by atoms with Gasteiger partial charge in [-0.2, -0.15) is 0 Å². The molecule has 0 aromatic heterocycles. The monoisotopic (exact) mass is 1050 g/mol. The van der Waals surface area contributed by atoms with E-state index in [0.29, 0.717) is 76.8 Å². The van der Waals surface area contributed by atoms with Gasteiger partial charge in [0.15, 0.2) is 5.78 Å². The van der Waals surface area contributed by atoms with Gasteiger partial charge in [0, 0.05) is 58.5 Å². The number of fused-ring (bicyclic) bond motifs is 3. The van der Waals surface area contributed by atoms with Gasteiger partial charge in [0.2, 0.25) is 5.79 Å². The number of amides is 1. The quantitative estimate of drug-likeness (QED) is 0.0716. The number of nitrogens with zero attached hydrogens (tertiary/aromatic N) is 1. The number of Topliss-reactive ketones (excluding diaryl/α,β-unsaturated/α-hetero) is 3. The summed E-state index contributed by atoms with van der Waals surface area (Å²) in [6, 6.07) is -1.17. The van der Waals surface area contributed by atoms with Crippen molar-refractivity contribution in [3.63, 3.8) is 0 Å². The van der Waals surface area contributed by atoms with Gasteiger partial charge in [0.05, 0.1) is 64.1 Å². The second-order valence-electron chi connectivity index (χ2n) is 21.4. The van der Waals surface area contributed by atoms with E-state index in [1.807, 2.05) is 58.1 Å². The first-order valence-electron chi connectivity index (χ1n) is 27.2. The number of aliphatic hydroxyl groups excluding tert-OH is 2. The first-order chi connectivity index (χ1) is 35.3. The molecule has 15 atom stereocenters. The number of hydrogen-bond donors (Lipinski definition) is 3. The third kappa shape index (κ3) is 18.3. The van der Waals surface area contributed by atoms with Crippen molar-refractivity contribution < 1.29 is 77.2 Å². The van der Waals surface area contributed by atoms with E-state index < -0.39 is 77.8 Å². The highest BCUT2D eigenvalue weighted by Crippen LogP contribution is 2.38. The zero-order chi connectivity index (χ0) is 54.5. The van der Waals surface area contributed by atoms with Crippen molar-refractivity contribution in [1.82, 2.24) is 4.90 Å². The number of rotatable bonds is 15. The van der Waals surface area contributed by atoms with Crippen molar-refractivity contribution in [2.24, 2.45) is 35.5 Å². The van der Waals surface area contributed by atoms with E-state index in [9.17, 15) is 39.3 Å². The minimum Gasteiger partial charge on any atom is -0.460 e. The average molecular weight is 1050 g/mol. The summed E-state index contributed by atoms with van der Waals surface area (Å²) in [5, 5.41) is 33.1. The summed E-state index contributed by atoms with van der Waals surface area (Å²) in [7, 11) is 4.60. The molecule has 3 N–H and O–H groups in total. The van der Waals surface area contributed by atoms with Crippen LogP contribution in [0.3, 0.4) is 0 Å². The Hall–Kier alpha value is -3.49. The first-order valence-corrected chi connectivity index (χ1v) is 27.2. The topological polar surface area (TPSA) is 223 Å². The van der Waals surface area contributed by atoms with Gasteiger partial charge in [-0.25, -0.2) is 4.79 Å². The van der Waals surface area contributed by atoms with Crippen LogP contribution in [0.4, 0.5) is 0 Å². The summed E-state index contributed by atoms with van der Waals surface area (Å²) in [6.45, 7) is 14.2. The molecule has 0 spiro atoms. The fourth-order valence-electron chi connectivity index (χ4n) is 10.9. The van der Waals surface area contributed by atoms with Crippen molar-refractivity contribution in [2.75, 3.05) is 67.5 Å². The molecule has 1 amide bonds. The zero-order valence-electron chi connectivity index (χ0n) is 46.1. The Balaban J connectivity index is 1.71. The number of hydrogen-bond acceptors (Lipinski definition) is 16. The van der Waals surface area contributed by atoms with Crippen molar-refractivity contribution in [3.05, 3.63) is 47.6 Å². The Morgan fingerprint density at radius 3 is 2.26 bits per heavy atom. The Kier molecular flexibility index (Phi) is 27.0. The molecule has 3 fully saturated rings. The Labute approximate surface area is 440 Å². The Bertz CT molecular complexity index is 1920. The summed E-state index contributed by atoms with van der Waals surface area (Å²) in [5.41, 5.74) is 1.22. The molecule has 0 aromatic rings. The minimum absolute atomic E-state index is 0.00969. The molecule has 1 unspecified atom stereocenters. The van der Waals surface area contributed by atoms with E-state index in [2.05, 4.69) is 0 Å². The number of ether oxygens (including phenoxy) is 8. The van der Waals surface area contributed by atoms with Crippen LogP contribution in [0.25, 0.3) is 0 Å². The molecule has 0 aromatic carbocycles. The Morgan fingerprint density at radius 1 is 0.811 bits per heavy atom. The number of carbonyl (C=O) groups excluding carboxylic acids is 5. The lowest BCUT2D eigenvalue weighted by molar-refractivity contribution is -0.266.